The van der Waals surface area contributed by atoms with Gasteiger partial charge in [0.1, 0.15) is 0 Å². The molecule has 1 aliphatic heterocycles. The van der Waals surface area contributed by atoms with Gasteiger partial charge >= 0.3 is 0 Å². The number of hydrogen-bond donors (Lipinski definition) is 3. The second-order valence-corrected chi connectivity index (χ2v) is 6.48. The fourth-order valence-corrected chi connectivity index (χ4v) is 2.66. The lowest BCUT2D eigenvalue weighted by atomic mass is 10.0. The Morgan fingerprint density at radius 3 is 2.38 bits per heavy atom. The number of likely N-dealkylation sites (N-methyl/N-ethyl adjacent to an activating group) is 1. The smallest absolute Gasteiger partial charge is 0.251 e. The fraction of sp³-hybridized carbons (Fsp3) is 0.556. The first kappa shape index (κ1) is 24.7. The Hall–Kier alpha value is -1.34. The highest BCUT2D eigenvalue weighted by atomic mass is 35.5. The van der Waals surface area contributed by atoms with Gasteiger partial charge in [-0.15, -0.1) is 24.8 Å². The van der Waals surface area contributed by atoms with Gasteiger partial charge in [-0.25, -0.2) is 0 Å². The summed E-state index contributed by atoms with van der Waals surface area (Å²) >= 11 is 0. The normalized spacial score (nSPS) is 16.2. The molecule has 8 heteroatoms. The maximum atomic E-state index is 12.1. The zero-order valence-corrected chi connectivity index (χ0v) is 17.0. The van der Waals surface area contributed by atoms with Crippen LogP contribution in [0.1, 0.15) is 35.2 Å². The van der Waals surface area contributed by atoms with Crippen molar-refractivity contribution in [3.05, 3.63) is 35.4 Å². The minimum Gasteiger partial charge on any atom is -0.351 e. The van der Waals surface area contributed by atoms with E-state index in [1.54, 1.807) is 12.1 Å². The highest BCUT2D eigenvalue weighted by molar-refractivity contribution is 5.94. The summed E-state index contributed by atoms with van der Waals surface area (Å²) in [6, 6.07) is 7.29. The van der Waals surface area contributed by atoms with Gasteiger partial charge in [-0.3, -0.25) is 9.59 Å². The summed E-state index contributed by atoms with van der Waals surface area (Å²) in [5, 5.41) is 9.08. The molecule has 0 spiro atoms. The van der Waals surface area contributed by atoms with Crippen molar-refractivity contribution in [3.63, 3.8) is 0 Å². The Morgan fingerprint density at radius 2 is 1.81 bits per heavy atom. The molecular formula is C18H30Cl2N4O2. The third-order valence-electron chi connectivity index (χ3n) is 4.15. The Morgan fingerprint density at radius 1 is 1.12 bits per heavy atom. The number of benzene rings is 1. The molecule has 0 bridgehead atoms. The van der Waals surface area contributed by atoms with Gasteiger partial charge < -0.3 is 20.9 Å². The molecule has 0 unspecified atom stereocenters. The number of carbonyl (C=O) groups is 2. The molecule has 1 heterocycles. The molecule has 2 rings (SSSR count). The monoisotopic (exact) mass is 404 g/mol. The molecule has 1 saturated heterocycles. The maximum absolute atomic E-state index is 12.1. The van der Waals surface area contributed by atoms with E-state index < -0.39 is 0 Å². The molecule has 0 aromatic heterocycles. The van der Waals surface area contributed by atoms with E-state index >= 15 is 0 Å². The van der Waals surface area contributed by atoms with Crippen molar-refractivity contribution in [2.24, 2.45) is 0 Å². The Labute approximate surface area is 168 Å². The van der Waals surface area contributed by atoms with Crippen LogP contribution in [0.4, 0.5) is 0 Å². The van der Waals surface area contributed by atoms with E-state index in [4.69, 9.17) is 0 Å². The summed E-state index contributed by atoms with van der Waals surface area (Å²) < 4.78 is 0. The predicted molar refractivity (Wildman–Crippen MR) is 109 cm³/mol. The zero-order chi connectivity index (χ0) is 17.4. The first-order valence-electron chi connectivity index (χ1n) is 8.59. The molecule has 0 saturated carbocycles. The van der Waals surface area contributed by atoms with Crippen LogP contribution in [0.5, 0.6) is 0 Å². The molecule has 0 aliphatic carbocycles. The number of carbonyl (C=O) groups excluding carboxylic acids is 2. The van der Waals surface area contributed by atoms with Gasteiger partial charge in [0, 0.05) is 25.2 Å². The van der Waals surface area contributed by atoms with Gasteiger partial charge in [-0.1, -0.05) is 18.6 Å². The summed E-state index contributed by atoms with van der Waals surface area (Å²) in [7, 11) is 3.94. The van der Waals surface area contributed by atoms with Gasteiger partial charge in [-0.05, 0) is 51.2 Å². The number of halogens is 2. The van der Waals surface area contributed by atoms with E-state index in [-0.39, 0.29) is 42.7 Å². The number of piperidine rings is 1. The van der Waals surface area contributed by atoms with Crippen molar-refractivity contribution in [2.45, 2.75) is 31.8 Å². The summed E-state index contributed by atoms with van der Waals surface area (Å²) in [5.41, 5.74) is 1.63. The Kier molecular flexibility index (Phi) is 12.3. The van der Waals surface area contributed by atoms with Crippen LogP contribution in [-0.2, 0) is 11.3 Å². The molecule has 148 valence electrons. The van der Waals surface area contributed by atoms with Crippen molar-refractivity contribution in [1.82, 2.24) is 20.9 Å². The van der Waals surface area contributed by atoms with Crippen LogP contribution in [0.3, 0.4) is 0 Å². The van der Waals surface area contributed by atoms with Crippen molar-refractivity contribution in [2.75, 3.05) is 33.7 Å². The number of nitrogens with zero attached hydrogens (tertiary/aromatic N) is 1. The van der Waals surface area contributed by atoms with Gasteiger partial charge in [0.25, 0.3) is 5.91 Å². The van der Waals surface area contributed by atoms with Gasteiger partial charge in [-0.2, -0.15) is 0 Å². The third kappa shape index (κ3) is 8.36. The standard InChI is InChI=1S/C18H28N4O2.2ClH/c1-22(2)12-11-20-17(23)15-8-6-14(7-9-15)13-21-18(24)16-5-3-4-10-19-16;;/h6-9,16,19H,3-5,10-13H2,1-2H3,(H,20,23)(H,21,24);2*1H/t16-;;/m1../s1. The molecule has 26 heavy (non-hydrogen) atoms. The second-order valence-electron chi connectivity index (χ2n) is 6.48. The van der Waals surface area contributed by atoms with E-state index in [9.17, 15) is 9.59 Å². The minimum absolute atomic E-state index is 0. The van der Waals surface area contributed by atoms with Crippen molar-refractivity contribution in [3.8, 4) is 0 Å². The molecular weight excluding hydrogens is 375 g/mol. The maximum Gasteiger partial charge on any atom is 0.251 e. The largest absolute Gasteiger partial charge is 0.351 e. The van der Waals surface area contributed by atoms with Crippen LogP contribution in [0, 0.1) is 0 Å². The van der Waals surface area contributed by atoms with Crippen molar-refractivity contribution in [1.29, 1.82) is 0 Å². The van der Waals surface area contributed by atoms with E-state index in [2.05, 4.69) is 16.0 Å². The summed E-state index contributed by atoms with van der Waals surface area (Å²) in [6.07, 6.45) is 3.14. The molecule has 0 radical (unpaired) electrons. The molecule has 6 nitrogen and oxygen atoms in total. The zero-order valence-electron chi connectivity index (χ0n) is 15.4. The molecule has 1 aromatic carbocycles. The SMILES string of the molecule is CN(C)CCNC(=O)c1ccc(CNC(=O)[C@H]2CCCCN2)cc1.Cl.Cl. The number of rotatable bonds is 7. The lowest BCUT2D eigenvalue weighted by Gasteiger charge is -2.22. The number of hydrogen-bond acceptors (Lipinski definition) is 4. The first-order chi connectivity index (χ1) is 11.6. The van der Waals surface area contributed by atoms with Crippen molar-refractivity contribution < 1.29 is 9.59 Å². The summed E-state index contributed by atoms with van der Waals surface area (Å²) in [4.78, 5) is 26.1. The quantitative estimate of drug-likeness (QED) is 0.644. The molecule has 3 N–H and O–H groups in total. The number of amides is 2. The molecule has 1 atom stereocenters. The lowest BCUT2D eigenvalue weighted by Crippen LogP contribution is -2.46. The van der Waals surface area contributed by atoms with Gasteiger partial charge in [0.15, 0.2) is 0 Å². The highest BCUT2D eigenvalue weighted by Gasteiger charge is 2.19. The van der Waals surface area contributed by atoms with E-state index in [0.717, 1.165) is 37.9 Å². The Bertz CT molecular complexity index is 547. The van der Waals surface area contributed by atoms with E-state index in [0.29, 0.717) is 18.7 Å². The topological polar surface area (TPSA) is 73.5 Å². The highest BCUT2D eigenvalue weighted by Crippen LogP contribution is 2.08. The third-order valence-corrected chi connectivity index (χ3v) is 4.15. The summed E-state index contributed by atoms with van der Waals surface area (Å²) in [6.45, 7) is 2.83. The number of nitrogens with one attached hydrogen (secondary N) is 3. The fourth-order valence-electron chi connectivity index (χ4n) is 2.66. The van der Waals surface area contributed by atoms with Gasteiger partial charge in [0.05, 0.1) is 6.04 Å². The molecule has 1 aliphatic rings. The van der Waals surface area contributed by atoms with Gasteiger partial charge in [0.2, 0.25) is 5.91 Å². The molecule has 1 fully saturated rings. The minimum atomic E-state index is -0.0705. The van der Waals surface area contributed by atoms with Crippen molar-refractivity contribution >= 4 is 36.6 Å². The van der Waals surface area contributed by atoms with E-state index in [1.165, 1.54) is 0 Å². The average molecular weight is 405 g/mol. The summed E-state index contributed by atoms with van der Waals surface area (Å²) in [5.74, 6) is -0.0148. The lowest BCUT2D eigenvalue weighted by molar-refractivity contribution is -0.123. The van der Waals surface area contributed by atoms with Crippen LogP contribution < -0.4 is 16.0 Å². The Balaban J connectivity index is 0.00000312. The van der Waals surface area contributed by atoms with Crippen LogP contribution in [-0.4, -0.2) is 56.5 Å². The van der Waals surface area contributed by atoms with Crippen LogP contribution >= 0.6 is 24.8 Å². The van der Waals surface area contributed by atoms with Crippen LogP contribution in [0.2, 0.25) is 0 Å². The predicted octanol–water partition coefficient (Wildman–Crippen LogP) is 1.58. The molecule has 1 aromatic rings. The second kappa shape index (κ2) is 12.9. The molecule has 2 amide bonds. The van der Waals surface area contributed by atoms with Crippen LogP contribution in [0.15, 0.2) is 24.3 Å². The van der Waals surface area contributed by atoms with Crippen LogP contribution in [0.25, 0.3) is 0 Å². The first-order valence-corrected chi connectivity index (χ1v) is 8.59. The van der Waals surface area contributed by atoms with E-state index in [1.807, 2.05) is 31.1 Å². The average Bonchev–Trinajstić information content (AvgIpc) is 2.60.